The second-order valence-corrected chi connectivity index (χ2v) is 14.0. The number of likely N-dealkylation sites (tertiary alicyclic amines) is 1. The fourth-order valence-electron chi connectivity index (χ4n) is 5.35. The van der Waals surface area contributed by atoms with Crippen molar-refractivity contribution in [3.05, 3.63) is 29.8 Å². The molecule has 1 aromatic carbocycles. The molecule has 1 heterocycles. The van der Waals surface area contributed by atoms with Crippen LogP contribution in [0.5, 0.6) is 0 Å². The van der Waals surface area contributed by atoms with Crippen molar-refractivity contribution in [3.8, 4) is 0 Å². The quantitative estimate of drug-likeness (QED) is 0.0761. The Hall–Kier alpha value is -4.47. The molecule has 6 N–H and O–H groups in total. The Morgan fingerprint density at radius 3 is 2.12 bits per heavy atom. The highest BCUT2D eigenvalue weighted by Gasteiger charge is 2.40. The third kappa shape index (κ3) is 14.2. The molecule has 0 aliphatic carbocycles. The largest absolute Gasteiger partial charge is 0.469 e. The summed E-state index contributed by atoms with van der Waals surface area (Å²) in [6.45, 7) is 11.4. The number of nitrogens with two attached hydrogens (primary N) is 1. The summed E-state index contributed by atoms with van der Waals surface area (Å²) in [5.74, 6) is -2.51. The summed E-state index contributed by atoms with van der Waals surface area (Å²) in [7, 11) is 1.31. The molecular formula is C34H53BN6O9. The first-order valence-corrected chi connectivity index (χ1v) is 17.0. The van der Waals surface area contributed by atoms with Crippen LogP contribution in [-0.2, 0) is 40.1 Å². The van der Waals surface area contributed by atoms with Gasteiger partial charge in [-0.05, 0) is 77.0 Å². The number of nitrogens with zero attached hydrogens (tertiary/aromatic N) is 1. The highest BCUT2D eigenvalue weighted by molar-refractivity contribution is 6.55. The van der Waals surface area contributed by atoms with Gasteiger partial charge in [-0.3, -0.25) is 33.7 Å². The Balaban J connectivity index is 1.98. The van der Waals surface area contributed by atoms with E-state index in [4.69, 9.17) is 15.2 Å². The summed E-state index contributed by atoms with van der Waals surface area (Å²) in [5.41, 5.74) is 4.93. The summed E-state index contributed by atoms with van der Waals surface area (Å²) in [5, 5.41) is 10.8. The predicted molar refractivity (Wildman–Crippen MR) is 188 cm³/mol. The molecule has 1 unspecified atom stereocenters. The topological polar surface area (TPSA) is 215 Å². The van der Waals surface area contributed by atoms with Crippen molar-refractivity contribution in [1.29, 1.82) is 0 Å². The zero-order valence-corrected chi connectivity index (χ0v) is 30.3. The van der Waals surface area contributed by atoms with Crippen LogP contribution in [0.15, 0.2) is 24.3 Å². The van der Waals surface area contributed by atoms with Crippen molar-refractivity contribution in [2.75, 3.05) is 18.5 Å². The van der Waals surface area contributed by atoms with Crippen molar-refractivity contribution in [2.45, 2.75) is 116 Å². The van der Waals surface area contributed by atoms with Crippen LogP contribution in [0.2, 0.25) is 0 Å². The molecule has 16 heteroatoms. The van der Waals surface area contributed by atoms with E-state index in [0.717, 1.165) is 5.56 Å². The zero-order valence-electron chi connectivity index (χ0n) is 30.3. The van der Waals surface area contributed by atoms with Crippen molar-refractivity contribution >= 4 is 55.0 Å². The number of ether oxygens (including phenoxy) is 2. The Kier molecular flexibility index (Phi) is 15.9. The fraction of sp³-hybridized carbons (Fsp3) is 0.618. The second-order valence-electron chi connectivity index (χ2n) is 14.0. The minimum atomic E-state index is -1.00. The van der Waals surface area contributed by atoms with Gasteiger partial charge in [0.2, 0.25) is 43.3 Å². The van der Waals surface area contributed by atoms with Gasteiger partial charge in [-0.15, -0.1) is 0 Å². The molecule has 276 valence electrons. The number of benzene rings is 1. The number of anilines is 1. The second kappa shape index (κ2) is 19.1. The van der Waals surface area contributed by atoms with E-state index in [1.165, 1.54) is 12.7 Å². The summed E-state index contributed by atoms with van der Waals surface area (Å²) in [6.07, 6.45) is 1.78. The number of urea groups is 1. The SMILES string of the molecule is BC(=O)OCc1ccc(NC(=O)[C@H](CCCNC(N)=O)NC(=O)C(NC(=O)CCC(C)(C)OCCC(C)(C)N2C(=O)CCC2=O)C(C)C)cc1. The fourth-order valence-corrected chi connectivity index (χ4v) is 5.35. The van der Waals surface area contributed by atoms with Crippen LogP contribution in [-0.4, -0.2) is 90.6 Å². The Morgan fingerprint density at radius 2 is 1.56 bits per heavy atom. The minimum Gasteiger partial charge on any atom is -0.469 e. The number of rotatable bonds is 20. The molecular weight excluding hydrogens is 647 g/mol. The molecule has 0 bridgehead atoms. The summed E-state index contributed by atoms with van der Waals surface area (Å²) in [4.78, 5) is 87.7. The Bertz CT molecular complexity index is 1370. The molecule has 1 aliphatic rings. The number of amides is 7. The number of hydrogen-bond acceptors (Lipinski definition) is 9. The maximum Gasteiger partial charge on any atom is 0.312 e. The van der Waals surface area contributed by atoms with Gasteiger partial charge in [-0.1, -0.05) is 26.0 Å². The first kappa shape index (κ1) is 41.7. The van der Waals surface area contributed by atoms with Crippen LogP contribution in [0.3, 0.4) is 0 Å². The molecule has 1 fully saturated rings. The van der Waals surface area contributed by atoms with Crippen LogP contribution in [0, 0.1) is 5.92 Å². The number of hydrogen-bond donors (Lipinski definition) is 5. The first-order chi connectivity index (χ1) is 23.3. The molecule has 15 nitrogen and oxygen atoms in total. The normalized spacial score (nSPS) is 14.6. The van der Waals surface area contributed by atoms with Gasteiger partial charge in [0.05, 0.1) is 5.60 Å². The minimum absolute atomic E-state index is 0.0616. The van der Waals surface area contributed by atoms with Crippen LogP contribution in [0.1, 0.15) is 92.1 Å². The zero-order chi connectivity index (χ0) is 37.6. The van der Waals surface area contributed by atoms with Crippen LogP contribution in [0.4, 0.5) is 15.3 Å². The van der Waals surface area contributed by atoms with Crippen LogP contribution in [0.25, 0.3) is 0 Å². The number of nitrogens with one attached hydrogen (secondary N) is 4. The van der Waals surface area contributed by atoms with Crippen molar-refractivity contribution in [1.82, 2.24) is 20.9 Å². The van der Waals surface area contributed by atoms with Gasteiger partial charge in [0.15, 0.2) is 0 Å². The molecule has 0 saturated carbocycles. The molecule has 0 aromatic heterocycles. The van der Waals surface area contributed by atoms with Gasteiger partial charge < -0.3 is 36.5 Å². The number of carbonyl (C=O) groups is 7. The van der Waals surface area contributed by atoms with Gasteiger partial charge >= 0.3 is 6.03 Å². The number of carbonyl (C=O) groups excluding carboxylic acids is 7. The monoisotopic (exact) mass is 700 g/mol. The lowest BCUT2D eigenvalue weighted by Gasteiger charge is -2.35. The Morgan fingerprint density at radius 1 is 0.940 bits per heavy atom. The number of imide groups is 1. The predicted octanol–water partition coefficient (Wildman–Crippen LogP) is 1.86. The maximum atomic E-state index is 13.5. The molecule has 0 radical (unpaired) electrons. The molecule has 7 amide bonds. The number of primary amides is 1. The highest BCUT2D eigenvalue weighted by atomic mass is 16.5. The van der Waals surface area contributed by atoms with E-state index in [2.05, 4.69) is 21.3 Å². The van der Waals surface area contributed by atoms with E-state index >= 15 is 0 Å². The third-order valence-electron chi connectivity index (χ3n) is 8.35. The van der Waals surface area contributed by atoms with E-state index in [9.17, 15) is 33.6 Å². The smallest absolute Gasteiger partial charge is 0.312 e. The van der Waals surface area contributed by atoms with Crippen molar-refractivity contribution in [3.63, 3.8) is 0 Å². The molecule has 0 spiro atoms. The summed E-state index contributed by atoms with van der Waals surface area (Å²) >= 11 is 0. The lowest BCUT2D eigenvalue weighted by atomic mass is 9.97. The molecule has 1 aliphatic heterocycles. The van der Waals surface area contributed by atoms with E-state index < -0.39 is 46.9 Å². The standard InChI is InChI=1S/C34H53BN6O9/c1-21(2)28(40-25(42)15-16-34(5,6)50-19-17-33(3,4)41-26(43)13-14-27(41)44)30(46)39-24(8-7-18-37-32(36)48)29(45)38-23-11-9-22(10-12-23)20-49-31(35)47/h9-12,21,24,28H,7-8,13-20,35H2,1-6H3,(H,38,45)(H,39,46)(H,40,42)(H3,36,37,48)/t24-,28?/m0/s1. The van der Waals surface area contributed by atoms with Gasteiger partial charge in [0, 0.05) is 43.6 Å². The van der Waals surface area contributed by atoms with E-state index in [0.29, 0.717) is 24.9 Å². The molecule has 2 rings (SSSR count). The van der Waals surface area contributed by atoms with E-state index in [-0.39, 0.29) is 69.1 Å². The van der Waals surface area contributed by atoms with Gasteiger partial charge in [-0.2, -0.15) is 0 Å². The molecule has 1 saturated heterocycles. The Labute approximate surface area is 294 Å². The lowest BCUT2D eigenvalue weighted by molar-refractivity contribution is -0.146. The molecule has 2 atom stereocenters. The van der Waals surface area contributed by atoms with E-state index in [1.54, 1.807) is 38.1 Å². The first-order valence-electron chi connectivity index (χ1n) is 17.0. The van der Waals surface area contributed by atoms with Gasteiger partial charge in [-0.25, -0.2) is 4.79 Å². The lowest BCUT2D eigenvalue weighted by Crippen LogP contribution is -2.54. The van der Waals surface area contributed by atoms with Crippen molar-refractivity contribution in [2.24, 2.45) is 11.7 Å². The van der Waals surface area contributed by atoms with Crippen LogP contribution >= 0.6 is 0 Å². The van der Waals surface area contributed by atoms with Gasteiger partial charge in [0.1, 0.15) is 18.7 Å². The maximum absolute atomic E-state index is 13.5. The van der Waals surface area contributed by atoms with Gasteiger partial charge in [0.25, 0.3) is 0 Å². The molecule has 1 aromatic rings. The summed E-state index contributed by atoms with van der Waals surface area (Å²) < 4.78 is 11.0. The third-order valence-corrected chi connectivity index (χ3v) is 8.35. The average molecular weight is 701 g/mol. The van der Waals surface area contributed by atoms with Crippen molar-refractivity contribution < 1.29 is 43.0 Å². The van der Waals surface area contributed by atoms with E-state index in [1.807, 2.05) is 27.7 Å². The van der Waals surface area contributed by atoms with Crippen LogP contribution < -0.4 is 27.0 Å². The summed E-state index contributed by atoms with van der Waals surface area (Å²) in [6, 6.07) is 4.02. The highest BCUT2D eigenvalue weighted by Crippen LogP contribution is 2.27. The molecule has 50 heavy (non-hydrogen) atoms. The average Bonchev–Trinajstić information content (AvgIpc) is 3.37.